The van der Waals surface area contributed by atoms with Gasteiger partial charge in [0.05, 0.1) is 29.1 Å². The number of hydrogen-bond acceptors (Lipinski definition) is 14. The number of nitriles is 2. The molecule has 0 N–H and O–H groups in total. The van der Waals surface area contributed by atoms with Gasteiger partial charge in [-0.3, -0.25) is 4.79 Å². The molecule has 0 saturated carbocycles. The summed E-state index contributed by atoms with van der Waals surface area (Å²) in [6, 6.07) is 46.8. The molecule has 7 aromatic rings. The molecule has 1 aromatic heterocycles. The van der Waals surface area contributed by atoms with Crippen LogP contribution in [-0.2, 0) is 38.7 Å². The summed E-state index contributed by atoms with van der Waals surface area (Å²) in [5.74, 6) is 0.920. The molecule has 0 bridgehead atoms. The van der Waals surface area contributed by atoms with Gasteiger partial charge in [0.1, 0.15) is 60.7 Å². The maximum Gasteiger partial charge on any atom is 0.335 e. The zero-order valence-corrected chi connectivity index (χ0v) is 37.7. The Morgan fingerprint density at radius 3 is 2.09 bits per heavy atom. The lowest BCUT2D eigenvalue weighted by atomic mass is 9.78. The maximum absolute atomic E-state index is 12.7. The largest absolute Gasteiger partial charge is 0.489 e. The normalized spacial score (nSPS) is 12.0. The second-order valence-electron chi connectivity index (χ2n) is 15.2. The molecule has 13 nitrogen and oxygen atoms in total. The van der Waals surface area contributed by atoms with Gasteiger partial charge in [-0.1, -0.05) is 84.6 Å². The van der Waals surface area contributed by atoms with Crippen LogP contribution in [0.3, 0.4) is 0 Å². The minimum absolute atomic E-state index is 0.0163. The number of allylic oxidation sites excluding steroid dienone is 1. The molecule has 0 fully saturated rings. The molecule has 338 valence electrons. The Morgan fingerprint density at radius 2 is 1.37 bits per heavy atom. The lowest BCUT2D eigenvalue weighted by Gasteiger charge is -2.27. The van der Waals surface area contributed by atoms with Gasteiger partial charge in [-0.05, 0) is 107 Å². The third-order valence-corrected chi connectivity index (χ3v) is 11.7. The molecule has 0 spiro atoms. The first-order valence-electron chi connectivity index (χ1n) is 21.5. The molecule has 0 atom stereocenters. The molecular formula is C54H43N5O8S. The SMILES string of the molecule is C=CC(=O)Oc1ccc2c(c1)/C(=N/N(COCCOC)c1nc3ccccc3s1)c1ccc(COc3ccc(CCC(=O)Oc4ccc(OCc5ccccc5)cc4)cc3)cc1C2=C(C#N)C#N. The second-order valence-corrected chi connectivity index (χ2v) is 16.2. The van der Waals surface area contributed by atoms with Crippen LogP contribution in [-0.4, -0.2) is 49.7 Å². The van der Waals surface area contributed by atoms with Gasteiger partial charge in [-0.25, -0.2) is 14.8 Å². The first kappa shape index (κ1) is 46.1. The number of hydrazone groups is 1. The maximum atomic E-state index is 12.7. The van der Waals surface area contributed by atoms with Crippen LogP contribution >= 0.6 is 11.3 Å². The van der Waals surface area contributed by atoms with Crippen molar-refractivity contribution in [1.82, 2.24) is 4.98 Å². The van der Waals surface area contributed by atoms with E-state index in [0.717, 1.165) is 33.0 Å². The van der Waals surface area contributed by atoms with Crippen LogP contribution in [0.15, 0.2) is 163 Å². The van der Waals surface area contributed by atoms with E-state index in [2.05, 4.69) is 18.7 Å². The predicted molar refractivity (Wildman–Crippen MR) is 258 cm³/mol. The highest BCUT2D eigenvalue weighted by atomic mass is 32.1. The predicted octanol–water partition coefficient (Wildman–Crippen LogP) is 10.1. The fourth-order valence-electron chi connectivity index (χ4n) is 7.26. The van der Waals surface area contributed by atoms with Gasteiger partial charge < -0.3 is 28.4 Å². The number of carbonyl (C=O) groups is 2. The number of methoxy groups -OCH3 is 1. The fraction of sp³-hybridized carbons (Fsp3) is 0.148. The van der Waals surface area contributed by atoms with Crippen molar-refractivity contribution in [2.24, 2.45) is 5.10 Å². The zero-order valence-electron chi connectivity index (χ0n) is 36.9. The van der Waals surface area contributed by atoms with E-state index in [-0.39, 0.29) is 37.1 Å². The summed E-state index contributed by atoms with van der Waals surface area (Å²) in [6.07, 6.45) is 1.71. The van der Waals surface area contributed by atoms with Gasteiger partial charge in [-0.15, -0.1) is 0 Å². The van der Waals surface area contributed by atoms with Crippen LogP contribution in [0.5, 0.6) is 23.0 Å². The van der Waals surface area contributed by atoms with Crippen molar-refractivity contribution in [3.63, 3.8) is 0 Å². The molecule has 0 aliphatic heterocycles. The lowest BCUT2D eigenvalue weighted by Crippen LogP contribution is -2.26. The number of benzene rings is 6. The molecule has 68 heavy (non-hydrogen) atoms. The second kappa shape index (κ2) is 22.2. The minimum atomic E-state index is -0.656. The van der Waals surface area contributed by atoms with Crippen LogP contribution in [0.25, 0.3) is 15.8 Å². The van der Waals surface area contributed by atoms with E-state index in [9.17, 15) is 20.1 Å². The minimum Gasteiger partial charge on any atom is -0.489 e. The molecule has 1 aliphatic rings. The van der Waals surface area contributed by atoms with E-state index in [0.29, 0.717) is 82.2 Å². The first-order valence-corrected chi connectivity index (χ1v) is 22.3. The zero-order chi connectivity index (χ0) is 47.2. The molecule has 1 aliphatic carbocycles. The van der Waals surface area contributed by atoms with Crippen LogP contribution < -0.4 is 24.0 Å². The number of ether oxygens (including phenoxy) is 6. The molecule has 0 unspecified atom stereocenters. The van der Waals surface area contributed by atoms with Crippen molar-refractivity contribution in [1.29, 1.82) is 10.5 Å². The Bertz CT molecular complexity index is 3050. The monoisotopic (exact) mass is 921 g/mol. The summed E-state index contributed by atoms with van der Waals surface area (Å²) >= 11 is 1.44. The molecular weight excluding hydrogens is 879 g/mol. The average Bonchev–Trinajstić information content (AvgIpc) is 3.81. The van der Waals surface area contributed by atoms with Crippen molar-refractivity contribution in [2.75, 3.05) is 32.1 Å². The smallest absolute Gasteiger partial charge is 0.335 e. The Morgan fingerprint density at radius 1 is 0.706 bits per heavy atom. The van der Waals surface area contributed by atoms with Crippen molar-refractivity contribution in [3.8, 4) is 35.1 Å². The third kappa shape index (κ3) is 11.3. The molecule has 0 radical (unpaired) electrons. The number of aryl methyl sites for hydroxylation is 1. The average molecular weight is 922 g/mol. The molecule has 14 heteroatoms. The van der Waals surface area contributed by atoms with Crippen LogP contribution in [0, 0.1) is 22.7 Å². The standard InChI is InChI=1S/C54H43N5O8S/c1-3-50(60)67-43-23-25-44-47(30-43)53(58-59(35-63-28-27-62-2)54-57-48-11-7-8-12-49(48)68-54)45-24-15-38(29-46(45)52(44)39(31-55)32-56)34-65-40-17-13-36(14-18-40)16-26-51(61)66-42-21-19-41(20-22-42)64-33-37-9-5-4-6-10-37/h3-15,17-25,29-30H,1,16,26-28,33-35H2,2H3/b58-53+. The number of anilines is 1. The molecule has 6 aromatic carbocycles. The summed E-state index contributed by atoms with van der Waals surface area (Å²) < 4.78 is 35.3. The Balaban J connectivity index is 1.01. The van der Waals surface area contributed by atoms with Gasteiger partial charge in [-0.2, -0.15) is 15.6 Å². The lowest BCUT2D eigenvalue weighted by molar-refractivity contribution is -0.134. The Labute approximate surface area is 396 Å². The van der Waals surface area contributed by atoms with Gasteiger partial charge >= 0.3 is 11.9 Å². The number of hydrogen-bond donors (Lipinski definition) is 0. The van der Waals surface area contributed by atoms with Crippen molar-refractivity contribution in [3.05, 3.63) is 197 Å². The summed E-state index contributed by atoms with van der Waals surface area (Å²) in [5, 5.41) is 28.0. The summed E-state index contributed by atoms with van der Waals surface area (Å²) in [6.45, 7) is 4.78. The van der Waals surface area contributed by atoms with Crippen LogP contribution in [0.2, 0.25) is 0 Å². The highest BCUT2D eigenvalue weighted by Crippen LogP contribution is 2.41. The van der Waals surface area contributed by atoms with E-state index < -0.39 is 5.97 Å². The van der Waals surface area contributed by atoms with E-state index in [1.165, 1.54) is 11.3 Å². The van der Waals surface area contributed by atoms with Crippen molar-refractivity contribution >= 4 is 49.9 Å². The quantitative estimate of drug-likeness (QED) is 0.0144. The number of nitrogens with zero attached hydrogens (tertiary/aromatic N) is 5. The summed E-state index contributed by atoms with van der Waals surface area (Å²) in [7, 11) is 1.59. The van der Waals surface area contributed by atoms with Gasteiger partial charge in [0, 0.05) is 36.3 Å². The van der Waals surface area contributed by atoms with E-state index in [1.54, 1.807) is 54.6 Å². The topological polar surface area (TPSA) is 166 Å². The fourth-order valence-corrected chi connectivity index (χ4v) is 8.17. The van der Waals surface area contributed by atoms with Crippen LogP contribution in [0.4, 0.5) is 5.13 Å². The number of rotatable bonds is 19. The molecule has 8 rings (SSSR count). The van der Waals surface area contributed by atoms with E-state index in [4.69, 9.17) is 38.5 Å². The number of fused-ring (bicyclic) bond motifs is 3. The highest BCUT2D eigenvalue weighted by molar-refractivity contribution is 7.22. The Kier molecular flexibility index (Phi) is 15.1. The molecule has 0 saturated heterocycles. The molecule has 1 heterocycles. The van der Waals surface area contributed by atoms with E-state index >= 15 is 0 Å². The molecule has 0 amide bonds. The number of esters is 2. The number of thiazole rings is 1. The highest BCUT2D eigenvalue weighted by Gasteiger charge is 2.31. The summed E-state index contributed by atoms with van der Waals surface area (Å²) in [4.78, 5) is 29.9. The number of aromatic nitrogens is 1. The Hall–Kier alpha value is -8.40. The van der Waals surface area contributed by atoms with Crippen LogP contribution in [0.1, 0.15) is 45.4 Å². The van der Waals surface area contributed by atoms with Gasteiger partial charge in [0.2, 0.25) is 5.13 Å². The van der Waals surface area contributed by atoms with Crippen molar-refractivity contribution in [2.45, 2.75) is 26.1 Å². The number of carbonyl (C=O) groups excluding carboxylic acids is 2. The summed E-state index contributed by atoms with van der Waals surface area (Å²) in [5.41, 5.74) is 6.46. The van der Waals surface area contributed by atoms with Gasteiger partial charge in [0.15, 0.2) is 0 Å². The first-order chi connectivity index (χ1) is 33.3. The van der Waals surface area contributed by atoms with E-state index in [1.807, 2.05) is 97.1 Å². The van der Waals surface area contributed by atoms with Gasteiger partial charge in [0.25, 0.3) is 0 Å². The van der Waals surface area contributed by atoms with Crippen molar-refractivity contribution < 1.29 is 38.0 Å². The third-order valence-electron chi connectivity index (χ3n) is 10.6. The number of para-hydroxylation sites is 1.